The molecule has 0 saturated carbocycles. The number of nitrogens with one attached hydrogen (secondary N) is 1. The average molecular weight is 377 g/mol. The molecule has 1 aromatic carbocycles. The second kappa shape index (κ2) is 5.99. The van der Waals surface area contributed by atoms with Gasteiger partial charge in [-0.05, 0) is 46.7 Å². The number of halogens is 3. The Hall–Kier alpha value is -0.650. The maximum Gasteiger partial charge on any atom is 0.169 e. The highest BCUT2D eigenvalue weighted by atomic mass is 79.9. The molecule has 0 saturated heterocycles. The van der Waals surface area contributed by atoms with Gasteiger partial charge in [-0.3, -0.25) is 0 Å². The van der Waals surface area contributed by atoms with E-state index in [0.717, 1.165) is 4.47 Å². The van der Waals surface area contributed by atoms with Crippen molar-refractivity contribution in [2.45, 2.75) is 13.0 Å². The van der Waals surface area contributed by atoms with Crippen LogP contribution in [0.1, 0.15) is 24.3 Å². The molecule has 0 bridgehead atoms. The minimum Gasteiger partial charge on any atom is -0.452 e. The Bertz CT molecular complexity index is 521. The number of furan rings is 1. The Morgan fingerprint density at radius 2 is 2.06 bits per heavy atom. The van der Waals surface area contributed by atoms with Crippen molar-refractivity contribution in [1.82, 2.24) is 5.32 Å². The smallest absolute Gasteiger partial charge is 0.169 e. The van der Waals surface area contributed by atoms with Gasteiger partial charge in [-0.15, -0.1) is 0 Å². The lowest BCUT2D eigenvalue weighted by atomic mass is 10.0. The molecule has 0 aliphatic heterocycles. The first-order valence-corrected chi connectivity index (χ1v) is 7.14. The molecule has 0 aliphatic carbocycles. The number of rotatable bonds is 4. The maximum atomic E-state index is 14.0. The second-order valence-corrected chi connectivity index (χ2v) is 5.40. The molecule has 0 aliphatic rings. The minimum atomic E-state index is -0.308. The average Bonchev–Trinajstić information content (AvgIpc) is 2.74. The van der Waals surface area contributed by atoms with E-state index in [1.54, 1.807) is 12.1 Å². The van der Waals surface area contributed by atoms with Crippen molar-refractivity contribution in [3.63, 3.8) is 0 Å². The van der Waals surface area contributed by atoms with E-state index < -0.39 is 0 Å². The van der Waals surface area contributed by atoms with Crippen LogP contribution < -0.4 is 5.32 Å². The SMILES string of the molecule is CCNC(c1ccc(Br)o1)c1c(F)cccc1Br. The van der Waals surface area contributed by atoms with Crippen LogP contribution in [0.2, 0.25) is 0 Å². The summed E-state index contributed by atoms with van der Waals surface area (Å²) in [6.07, 6.45) is 0. The third-order valence-electron chi connectivity index (χ3n) is 2.58. The highest BCUT2D eigenvalue weighted by molar-refractivity contribution is 9.10. The molecule has 1 aromatic heterocycles. The topological polar surface area (TPSA) is 25.2 Å². The van der Waals surface area contributed by atoms with Gasteiger partial charge in [0, 0.05) is 10.0 Å². The molecule has 1 atom stereocenters. The Labute approximate surface area is 122 Å². The van der Waals surface area contributed by atoms with Crippen molar-refractivity contribution in [3.8, 4) is 0 Å². The summed E-state index contributed by atoms with van der Waals surface area (Å²) in [7, 11) is 0. The van der Waals surface area contributed by atoms with Gasteiger partial charge in [0.2, 0.25) is 0 Å². The van der Waals surface area contributed by atoms with E-state index in [1.165, 1.54) is 6.07 Å². The Balaban J connectivity index is 2.47. The van der Waals surface area contributed by atoms with Crippen molar-refractivity contribution < 1.29 is 8.81 Å². The van der Waals surface area contributed by atoms with Gasteiger partial charge >= 0.3 is 0 Å². The molecular weight excluding hydrogens is 365 g/mol. The molecule has 2 nitrogen and oxygen atoms in total. The Morgan fingerprint density at radius 3 is 2.61 bits per heavy atom. The zero-order chi connectivity index (χ0) is 13.1. The van der Waals surface area contributed by atoms with E-state index in [-0.39, 0.29) is 11.9 Å². The number of benzene rings is 1. The third-order valence-corrected chi connectivity index (χ3v) is 3.69. The van der Waals surface area contributed by atoms with Gasteiger partial charge in [0.15, 0.2) is 4.67 Å². The lowest BCUT2D eigenvalue weighted by Gasteiger charge is -2.18. The lowest BCUT2D eigenvalue weighted by Crippen LogP contribution is -2.23. The summed E-state index contributed by atoms with van der Waals surface area (Å²) in [4.78, 5) is 0. The molecule has 1 heterocycles. The van der Waals surface area contributed by atoms with Gasteiger partial charge in [0.05, 0.1) is 6.04 Å². The van der Waals surface area contributed by atoms with Gasteiger partial charge in [-0.25, -0.2) is 4.39 Å². The van der Waals surface area contributed by atoms with Crippen LogP contribution in [-0.2, 0) is 0 Å². The van der Waals surface area contributed by atoms with Gasteiger partial charge in [-0.1, -0.05) is 28.9 Å². The third kappa shape index (κ3) is 2.84. The molecule has 1 N–H and O–H groups in total. The van der Waals surface area contributed by atoms with Crippen LogP contribution in [0.15, 0.2) is 43.9 Å². The summed E-state index contributed by atoms with van der Waals surface area (Å²) in [5.41, 5.74) is 0.557. The summed E-state index contributed by atoms with van der Waals surface area (Å²) >= 11 is 6.65. The highest BCUT2D eigenvalue weighted by Gasteiger charge is 2.22. The zero-order valence-electron chi connectivity index (χ0n) is 9.71. The highest BCUT2D eigenvalue weighted by Crippen LogP contribution is 2.32. The molecule has 5 heteroatoms. The normalized spacial score (nSPS) is 12.7. The van der Waals surface area contributed by atoms with Gasteiger partial charge in [0.1, 0.15) is 11.6 Å². The van der Waals surface area contributed by atoms with E-state index in [2.05, 4.69) is 37.2 Å². The fraction of sp³-hybridized carbons (Fsp3) is 0.231. The van der Waals surface area contributed by atoms with Crippen molar-refractivity contribution >= 4 is 31.9 Å². The molecular formula is C13H12Br2FNO. The van der Waals surface area contributed by atoms with Crippen LogP contribution in [0.25, 0.3) is 0 Å². The fourth-order valence-electron chi connectivity index (χ4n) is 1.82. The maximum absolute atomic E-state index is 14.0. The lowest BCUT2D eigenvalue weighted by molar-refractivity contribution is 0.428. The van der Waals surface area contributed by atoms with E-state index >= 15 is 0 Å². The summed E-state index contributed by atoms with van der Waals surface area (Å²) < 4.78 is 20.9. The van der Waals surface area contributed by atoms with Gasteiger partial charge in [0.25, 0.3) is 0 Å². The predicted octanol–water partition coefficient (Wildman–Crippen LogP) is 4.64. The van der Waals surface area contributed by atoms with Crippen molar-refractivity contribution in [2.75, 3.05) is 6.54 Å². The summed E-state index contributed by atoms with van der Waals surface area (Å²) in [6.45, 7) is 2.68. The van der Waals surface area contributed by atoms with Crippen molar-refractivity contribution in [1.29, 1.82) is 0 Å². The molecule has 0 fully saturated rings. The zero-order valence-corrected chi connectivity index (χ0v) is 12.9. The monoisotopic (exact) mass is 375 g/mol. The first kappa shape index (κ1) is 13.8. The largest absolute Gasteiger partial charge is 0.452 e. The predicted molar refractivity (Wildman–Crippen MR) is 76.0 cm³/mol. The number of hydrogen-bond acceptors (Lipinski definition) is 2. The summed E-state index contributed by atoms with van der Waals surface area (Å²) in [5, 5.41) is 3.23. The molecule has 2 rings (SSSR count). The first-order valence-electron chi connectivity index (χ1n) is 5.56. The van der Waals surface area contributed by atoms with Crippen LogP contribution in [-0.4, -0.2) is 6.54 Å². The van der Waals surface area contributed by atoms with E-state index in [0.29, 0.717) is 22.5 Å². The minimum absolute atomic E-state index is 0.261. The summed E-state index contributed by atoms with van der Waals surface area (Å²) in [6, 6.07) is 8.26. The van der Waals surface area contributed by atoms with Gasteiger partial charge < -0.3 is 9.73 Å². The van der Waals surface area contributed by atoms with Gasteiger partial charge in [-0.2, -0.15) is 0 Å². The second-order valence-electron chi connectivity index (χ2n) is 3.77. The van der Waals surface area contributed by atoms with Crippen molar-refractivity contribution in [3.05, 3.63) is 56.6 Å². The van der Waals surface area contributed by atoms with Crippen LogP contribution in [0, 0.1) is 5.82 Å². The molecule has 2 aromatic rings. The van der Waals surface area contributed by atoms with Crippen LogP contribution in [0.3, 0.4) is 0 Å². The molecule has 0 radical (unpaired) electrons. The molecule has 96 valence electrons. The Kier molecular flexibility index (Phi) is 4.59. The van der Waals surface area contributed by atoms with Crippen LogP contribution >= 0.6 is 31.9 Å². The standard InChI is InChI=1S/C13H12Br2FNO/c1-2-17-13(10-6-7-11(15)18-10)12-8(14)4-3-5-9(12)16/h3-7,13,17H,2H2,1H3. The van der Waals surface area contributed by atoms with E-state index in [4.69, 9.17) is 4.42 Å². The van der Waals surface area contributed by atoms with Crippen LogP contribution in [0.5, 0.6) is 0 Å². The number of hydrogen-bond donors (Lipinski definition) is 1. The fourth-order valence-corrected chi connectivity index (χ4v) is 2.71. The molecule has 0 amide bonds. The van der Waals surface area contributed by atoms with E-state index in [9.17, 15) is 4.39 Å². The quantitative estimate of drug-likeness (QED) is 0.840. The summed E-state index contributed by atoms with van der Waals surface area (Å²) in [5.74, 6) is 0.414. The van der Waals surface area contributed by atoms with Crippen LogP contribution in [0.4, 0.5) is 4.39 Å². The Morgan fingerprint density at radius 1 is 1.28 bits per heavy atom. The van der Waals surface area contributed by atoms with Crippen molar-refractivity contribution in [2.24, 2.45) is 0 Å². The molecule has 1 unspecified atom stereocenters. The molecule has 0 spiro atoms. The first-order chi connectivity index (χ1) is 8.63. The molecule has 18 heavy (non-hydrogen) atoms. The van der Waals surface area contributed by atoms with E-state index in [1.807, 2.05) is 19.1 Å².